The highest BCUT2D eigenvalue weighted by Gasteiger charge is 2.27. The third-order valence-electron chi connectivity index (χ3n) is 5.23. The number of carbonyl (C=O) groups excluding carboxylic acids is 1. The molecule has 0 saturated carbocycles. The molecule has 35 heavy (non-hydrogen) atoms. The van der Waals surface area contributed by atoms with Gasteiger partial charge in [-0.05, 0) is 55.8 Å². The Labute approximate surface area is 208 Å². The van der Waals surface area contributed by atoms with Crippen molar-refractivity contribution in [2.45, 2.75) is 31.3 Å². The minimum absolute atomic E-state index is 0.0949. The summed E-state index contributed by atoms with van der Waals surface area (Å²) in [5.41, 5.74) is 1.67. The molecule has 4 rings (SSSR count). The number of rotatable bonds is 8. The fourth-order valence-corrected chi connectivity index (χ4v) is 5.25. The predicted octanol–water partition coefficient (Wildman–Crippen LogP) is 5.24. The lowest BCUT2D eigenvalue weighted by Gasteiger charge is -2.26. The second kappa shape index (κ2) is 10.4. The van der Waals surface area contributed by atoms with Gasteiger partial charge in [-0.2, -0.15) is 4.31 Å². The molecule has 180 valence electrons. The molecule has 8 nitrogen and oxygen atoms in total. The van der Waals surface area contributed by atoms with Crippen LogP contribution in [0.25, 0.3) is 11.5 Å². The van der Waals surface area contributed by atoms with Gasteiger partial charge in [-0.3, -0.25) is 10.1 Å². The average Bonchev–Trinajstić information content (AvgIpc) is 3.31. The van der Waals surface area contributed by atoms with Crippen molar-refractivity contribution in [2.75, 3.05) is 5.32 Å². The lowest BCUT2D eigenvalue weighted by molar-refractivity contribution is 0.102. The lowest BCUT2D eigenvalue weighted by Crippen LogP contribution is -2.36. The number of halogens is 1. The quantitative estimate of drug-likeness (QED) is 0.347. The van der Waals surface area contributed by atoms with Gasteiger partial charge in [0.15, 0.2) is 0 Å². The van der Waals surface area contributed by atoms with Crippen LogP contribution < -0.4 is 5.32 Å². The number of hydrogen-bond donors (Lipinski definition) is 1. The highest BCUT2D eigenvalue weighted by molar-refractivity contribution is 7.89. The Morgan fingerprint density at radius 1 is 0.971 bits per heavy atom. The summed E-state index contributed by atoms with van der Waals surface area (Å²) < 4.78 is 33.5. The van der Waals surface area contributed by atoms with Crippen molar-refractivity contribution >= 4 is 33.5 Å². The van der Waals surface area contributed by atoms with Gasteiger partial charge in [0.25, 0.3) is 11.8 Å². The van der Waals surface area contributed by atoms with Crippen molar-refractivity contribution in [1.29, 1.82) is 0 Å². The van der Waals surface area contributed by atoms with E-state index in [1.807, 2.05) is 44.2 Å². The molecule has 0 fully saturated rings. The predicted molar refractivity (Wildman–Crippen MR) is 133 cm³/mol. The molecule has 0 bridgehead atoms. The summed E-state index contributed by atoms with van der Waals surface area (Å²) in [6.07, 6.45) is 0. The maximum Gasteiger partial charge on any atom is 0.322 e. The highest BCUT2D eigenvalue weighted by Crippen LogP contribution is 2.27. The zero-order chi connectivity index (χ0) is 25.0. The van der Waals surface area contributed by atoms with E-state index in [-0.39, 0.29) is 35.0 Å². The molecule has 0 spiro atoms. The van der Waals surface area contributed by atoms with Crippen molar-refractivity contribution in [3.63, 3.8) is 0 Å². The molecular formula is C25H23ClN4O4S. The molecule has 1 amide bonds. The van der Waals surface area contributed by atoms with E-state index < -0.39 is 15.9 Å². The number of carbonyl (C=O) groups is 1. The molecule has 0 atom stereocenters. The summed E-state index contributed by atoms with van der Waals surface area (Å²) in [6, 6.07) is 21.7. The van der Waals surface area contributed by atoms with E-state index in [2.05, 4.69) is 15.5 Å². The number of amides is 1. The maximum absolute atomic E-state index is 13.3. The van der Waals surface area contributed by atoms with Gasteiger partial charge in [0.05, 0.1) is 15.5 Å². The van der Waals surface area contributed by atoms with Crippen LogP contribution in [-0.2, 0) is 16.6 Å². The van der Waals surface area contributed by atoms with Crippen molar-refractivity contribution in [3.05, 3.63) is 95.0 Å². The molecule has 0 unspecified atom stereocenters. The van der Waals surface area contributed by atoms with Crippen LogP contribution in [0.2, 0.25) is 5.02 Å². The minimum Gasteiger partial charge on any atom is -0.403 e. The van der Waals surface area contributed by atoms with E-state index in [4.69, 9.17) is 16.0 Å². The smallest absolute Gasteiger partial charge is 0.322 e. The highest BCUT2D eigenvalue weighted by atomic mass is 35.5. The van der Waals surface area contributed by atoms with Crippen molar-refractivity contribution in [3.8, 4) is 11.5 Å². The molecule has 0 saturated heterocycles. The fraction of sp³-hybridized carbons (Fsp3) is 0.160. The van der Waals surface area contributed by atoms with Crippen LogP contribution in [0, 0.1) is 0 Å². The van der Waals surface area contributed by atoms with Crippen LogP contribution in [0.5, 0.6) is 0 Å². The SMILES string of the molecule is CC(C)N(Cc1ccccc1)S(=O)(=O)c1ccc(C(=O)Nc2nnc(-c3ccccc3Cl)o2)cc1. The molecule has 10 heteroatoms. The molecule has 4 aromatic rings. The van der Waals surface area contributed by atoms with Gasteiger partial charge in [0.2, 0.25) is 10.0 Å². The van der Waals surface area contributed by atoms with E-state index in [9.17, 15) is 13.2 Å². The van der Waals surface area contributed by atoms with Crippen LogP contribution in [0.4, 0.5) is 6.01 Å². The molecule has 0 aliphatic heterocycles. The van der Waals surface area contributed by atoms with E-state index in [1.165, 1.54) is 28.6 Å². The summed E-state index contributed by atoms with van der Waals surface area (Å²) in [6.45, 7) is 3.89. The normalized spacial score (nSPS) is 11.7. The number of sulfonamides is 1. The third kappa shape index (κ3) is 5.59. The van der Waals surface area contributed by atoms with Gasteiger partial charge in [0.1, 0.15) is 0 Å². The first-order valence-electron chi connectivity index (χ1n) is 10.8. The Bertz CT molecular complexity index is 1420. The Morgan fingerprint density at radius 2 is 1.63 bits per heavy atom. The molecule has 0 radical (unpaired) electrons. The number of hydrogen-bond acceptors (Lipinski definition) is 6. The maximum atomic E-state index is 13.3. The average molecular weight is 511 g/mol. The summed E-state index contributed by atoms with van der Waals surface area (Å²) in [7, 11) is -3.78. The van der Waals surface area contributed by atoms with Crippen LogP contribution in [0.15, 0.2) is 88.2 Å². The van der Waals surface area contributed by atoms with E-state index in [0.29, 0.717) is 10.6 Å². The lowest BCUT2D eigenvalue weighted by atomic mass is 10.2. The van der Waals surface area contributed by atoms with Gasteiger partial charge in [-0.15, -0.1) is 5.10 Å². The first kappa shape index (κ1) is 24.6. The Morgan fingerprint density at radius 3 is 2.29 bits per heavy atom. The molecule has 0 aliphatic rings. The van der Waals surface area contributed by atoms with Crippen LogP contribution in [0.3, 0.4) is 0 Å². The molecule has 1 aromatic heterocycles. The standard InChI is InChI=1S/C25H23ClN4O4S/c1-17(2)30(16-18-8-4-3-5-9-18)35(32,33)20-14-12-19(13-15-20)23(31)27-25-29-28-24(34-25)21-10-6-7-11-22(21)26/h3-15,17H,16H2,1-2H3,(H,27,29,31). The van der Waals surface area contributed by atoms with Crippen LogP contribution in [-0.4, -0.2) is 34.9 Å². The monoisotopic (exact) mass is 510 g/mol. The summed E-state index contributed by atoms with van der Waals surface area (Å²) in [4.78, 5) is 12.7. The molecule has 3 aromatic carbocycles. The molecule has 1 N–H and O–H groups in total. The third-order valence-corrected chi connectivity index (χ3v) is 7.60. The Kier molecular flexibility index (Phi) is 7.30. The van der Waals surface area contributed by atoms with Crippen LogP contribution in [0.1, 0.15) is 29.8 Å². The summed E-state index contributed by atoms with van der Waals surface area (Å²) in [5, 5.41) is 10.7. The van der Waals surface area contributed by atoms with E-state index in [0.717, 1.165) is 5.56 Å². The Balaban J connectivity index is 1.49. The van der Waals surface area contributed by atoms with Gasteiger partial charge < -0.3 is 4.42 Å². The van der Waals surface area contributed by atoms with Crippen molar-refractivity contribution in [2.24, 2.45) is 0 Å². The zero-order valence-corrected chi connectivity index (χ0v) is 20.6. The van der Waals surface area contributed by atoms with Crippen LogP contribution >= 0.6 is 11.6 Å². The first-order chi connectivity index (χ1) is 16.8. The zero-order valence-electron chi connectivity index (χ0n) is 19.1. The summed E-state index contributed by atoms with van der Waals surface area (Å²) >= 11 is 6.14. The largest absolute Gasteiger partial charge is 0.403 e. The number of benzene rings is 3. The number of nitrogens with one attached hydrogen (secondary N) is 1. The molecule has 1 heterocycles. The second-order valence-electron chi connectivity index (χ2n) is 8.00. The second-order valence-corrected chi connectivity index (χ2v) is 10.3. The number of nitrogens with zero attached hydrogens (tertiary/aromatic N) is 3. The van der Waals surface area contributed by atoms with Gasteiger partial charge in [0, 0.05) is 18.2 Å². The number of aromatic nitrogens is 2. The summed E-state index contributed by atoms with van der Waals surface area (Å²) in [5.74, 6) is -0.354. The molecular weight excluding hydrogens is 488 g/mol. The molecule has 0 aliphatic carbocycles. The van der Waals surface area contributed by atoms with E-state index in [1.54, 1.807) is 24.3 Å². The van der Waals surface area contributed by atoms with Gasteiger partial charge in [-0.1, -0.05) is 59.2 Å². The minimum atomic E-state index is -3.78. The van der Waals surface area contributed by atoms with Crippen molar-refractivity contribution in [1.82, 2.24) is 14.5 Å². The first-order valence-corrected chi connectivity index (χ1v) is 12.6. The fourth-order valence-electron chi connectivity index (χ4n) is 3.41. The van der Waals surface area contributed by atoms with Gasteiger partial charge in [-0.25, -0.2) is 8.42 Å². The van der Waals surface area contributed by atoms with E-state index >= 15 is 0 Å². The topological polar surface area (TPSA) is 105 Å². The van der Waals surface area contributed by atoms with Crippen molar-refractivity contribution < 1.29 is 17.6 Å². The number of anilines is 1. The van der Waals surface area contributed by atoms with Gasteiger partial charge >= 0.3 is 6.01 Å². The Hall–Kier alpha value is -3.53.